The Bertz CT molecular complexity index is 903. The van der Waals surface area contributed by atoms with E-state index < -0.39 is 0 Å². The van der Waals surface area contributed by atoms with Crippen molar-refractivity contribution in [2.24, 2.45) is 0 Å². The molecule has 0 aliphatic rings. The summed E-state index contributed by atoms with van der Waals surface area (Å²) in [6, 6.07) is 13.6. The molecule has 0 N–H and O–H groups in total. The predicted octanol–water partition coefficient (Wildman–Crippen LogP) is 5.03. The second-order valence-electron chi connectivity index (χ2n) is 6.11. The zero-order chi connectivity index (χ0) is 18.0. The van der Waals surface area contributed by atoms with Crippen LogP contribution >= 0.6 is 11.8 Å². The molecule has 0 fully saturated rings. The van der Waals surface area contributed by atoms with Crippen LogP contribution in [0.25, 0.3) is 11.5 Å². The topological polar surface area (TPSA) is 56.0 Å². The van der Waals surface area contributed by atoms with Crippen LogP contribution in [-0.4, -0.2) is 21.2 Å². The standard InChI is InChI=1S/C20H20N2O2S/c1-12-10-14(3)17(11-13(12)2)18(23)15(4)25-20-22-21-19(24-20)16-8-6-5-7-9-16/h5-11,15H,1-4H3/t15-/m1/s1. The molecule has 0 bridgehead atoms. The largest absolute Gasteiger partial charge is 0.411 e. The number of ketones is 1. The Kier molecular flexibility index (Phi) is 5.04. The lowest BCUT2D eigenvalue weighted by molar-refractivity contribution is 0.0993. The van der Waals surface area contributed by atoms with Gasteiger partial charge in [0, 0.05) is 11.1 Å². The zero-order valence-corrected chi connectivity index (χ0v) is 15.6. The van der Waals surface area contributed by atoms with Gasteiger partial charge >= 0.3 is 0 Å². The summed E-state index contributed by atoms with van der Waals surface area (Å²) >= 11 is 1.29. The van der Waals surface area contributed by atoms with Gasteiger partial charge in [-0.25, -0.2) is 0 Å². The van der Waals surface area contributed by atoms with Crippen molar-refractivity contribution in [3.05, 3.63) is 64.7 Å². The third-order valence-electron chi connectivity index (χ3n) is 4.18. The Hall–Kier alpha value is -2.40. The maximum absolute atomic E-state index is 12.8. The molecule has 0 aliphatic heterocycles. The van der Waals surface area contributed by atoms with Crippen molar-refractivity contribution in [3.8, 4) is 11.5 Å². The van der Waals surface area contributed by atoms with Crippen molar-refractivity contribution in [2.45, 2.75) is 38.2 Å². The van der Waals surface area contributed by atoms with Crippen LogP contribution in [0.5, 0.6) is 0 Å². The number of benzene rings is 2. The molecule has 0 unspecified atom stereocenters. The molecule has 0 amide bonds. The normalized spacial score (nSPS) is 12.2. The second kappa shape index (κ2) is 7.23. The Morgan fingerprint density at radius 3 is 2.40 bits per heavy atom. The third kappa shape index (κ3) is 3.82. The van der Waals surface area contributed by atoms with Gasteiger partial charge in [-0.3, -0.25) is 4.79 Å². The van der Waals surface area contributed by atoms with Crippen molar-refractivity contribution in [3.63, 3.8) is 0 Å². The van der Waals surface area contributed by atoms with Gasteiger partial charge in [-0.15, -0.1) is 10.2 Å². The lowest BCUT2D eigenvalue weighted by Gasteiger charge is -2.12. The molecule has 25 heavy (non-hydrogen) atoms. The van der Waals surface area contributed by atoms with E-state index in [1.54, 1.807) is 0 Å². The minimum atomic E-state index is -0.301. The van der Waals surface area contributed by atoms with Gasteiger partial charge in [0.1, 0.15) is 0 Å². The van der Waals surface area contributed by atoms with Gasteiger partial charge in [0.15, 0.2) is 5.78 Å². The van der Waals surface area contributed by atoms with Gasteiger partial charge in [0.2, 0.25) is 5.89 Å². The van der Waals surface area contributed by atoms with E-state index in [4.69, 9.17) is 4.42 Å². The first-order valence-corrected chi connectivity index (χ1v) is 9.01. The lowest BCUT2D eigenvalue weighted by Crippen LogP contribution is -2.15. The van der Waals surface area contributed by atoms with Gasteiger partial charge in [0.05, 0.1) is 5.25 Å². The summed E-state index contributed by atoms with van der Waals surface area (Å²) in [5.74, 6) is 0.537. The highest BCUT2D eigenvalue weighted by Crippen LogP contribution is 2.28. The monoisotopic (exact) mass is 352 g/mol. The van der Waals surface area contributed by atoms with Crippen LogP contribution in [0.4, 0.5) is 0 Å². The number of carbonyl (C=O) groups is 1. The number of rotatable bonds is 5. The minimum absolute atomic E-state index is 0.0741. The van der Waals surface area contributed by atoms with Crippen molar-refractivity contribution in [1.82, 2.24) is 10.2 Å². The molecule has 0 saturated heterocycles. The molecule has 1 atom stereocenters. The first kappa shape index (κ1) is 17.4. The van der Waals surface area contributed by atoms with Crippen molar-refractivity contribution in [1.29, 1.82) is 0 Å². The molecule has 5 heteroatoms. The van der Waals surface area contributed by atoms with E-state index in [1.165, 1.54) is 17.3 Å². The van der Waals surface area contributed by atoms with Gasteiger partial charge in [-0.2, -0.15) is 0 Å². The molecule has 0 saturated carbocycles. The van der Waals surface area contributed by atoms with Gasteiger partial charge in [0.25, 0.3) is 5.22 Å². The number of thioether (sulfide) groups is 1. The average Bonchev–Trinajstić information content (AvgIpc) is 3.07. The van der Waals surface area contributed by atoms with Crippen LogP contribution in [0.15, 0.2) is 52.1 Å². The Labute approximate surface area is 151 Å². The summed E-state index contributed by atoms with van der Waals surface area (Å²) in [4.78, 5) is 12.8. The second-order valence-corrected chi connectivity index (χ2v) is 7.41. The molecule has 128 valence electrons. The predicted molar refractivity (Wildman–Crippen MR) is 100 cm³/mol. The van der Waals surface area contributed by atoms with Crippen LogP contribution < -0.4 is 0 Å². The summed E-state index contributed by atoms with van der Waals surface area (Å²) in [6.45, 7) is 7.91. The smallest absolute Gasteiger partial charge is 0.277 e. The molecule has 2 aromatic carbocycles. The summed E-state index contributed by atoms with van der Waals surface area (Å²) in [5.41, 5.74) is 4.93. The summed E-state index contributed by atoms with van der Waals surface area (Å²) in [7, 11) is 0. The maximum atomic E-state index is 12.8. The number of aryl methyl sites for hydroxylation is 3. The Morgan fingerprint density at radius 2 is 1.68 bits per heavy atom. The first-order chi connectivity index (χ1) is 12.0. The number of nitrogens with zero attached hydrogens (tertiary/aromatic N) is 2. The van der Waals surface area contributed by atoms with E-state index in [0.29, 0.717) is 11.1 Å². The SMILES string of the molecule is Cc1cc(C)c(C(=O)[C@@H](C)Sc2nnc(-c3ccccc3)o2)cc1C. The average molecular weight is 352 g/mol. The van der Waals surface area contributed by atoms with Crippen LogP contribution in [-0.2, 0) is 0 Å². The van der Waals surface area contributed by atoms with E-state index >= 15 is 0 Å². The van der Waals surface area contributed by atoms with E-state index in [9.17, 15) is 4.79 Å². The molecular formula is C20H20N2O2S. The molecule has 3 rings (SSSR count). The van der Waals surface area contributed by atoms with Crippen molar-refractivity contribution < 1.29 is 9.21 Å². The van der Waals surface area contributed by atoms with Gasteiger partial charge < -0.3 is 4.42 Å². The third-order valence-corrected chi connectivity index (χ3v) is 5.11. The summed E-state index contributed by atoms with van der Waals surface area (Å²) in [6.07, 6.45) is 0. The molecule has 4 nitrogen and oxygen atoms in total. The van der Waals surface area contributed by atoms with Gasteiger partial charge in [-0.1, -0.05) is 36.0 Å². The van der Waals surface area contributed by atoms with E-state index in [2.05, 4.69) is 23.2 Å². The number of Topliss-reactive ketones (excluding diaryl/α,β-unsaturated/α-hetero) is 1. The quantitative estimate of drug-likeness (QED) is 0.476. The van der Waals surface area contributed by atoms with Gasteiger partial charge in [-0.05, 0) is 62.6 Å². The highest BCUT2D eigenvalue weighted by molar-refractivity contribution is 8.00. The Morgan fingerprint density at radius 1 is 1.00 bits per heavy atom. The molecule has 0 radical (unpaired) electrons. The summed E-state index contributed by atoms with van der Waals surface area (Å²) < 4.78 is 5.69. The number of hydrogen-bond acceptors (Lipinski definition) is 5. The highest BCUT2D eigenvalue weighted by Gasteiger charge is 2.22. The van der Waals surface area contributed by atoms with Crippen molar-refractivity contribution >= 4 is 17.5 Å². The van der Waals surface area contributed by atoms with E-state index in [-0.39, 0.29) is 11.0 Å². The van der Waals surface area contributed by atoms with E-state index in [0.717, 1.165) is 22.3 Å². The highest BCUT2D eigenvalue weighted by atomic mass is 32.2. The maximum Gasteiger partial charge on any atom is 0.277 e. The summed E-state index contributed by atoms with van der Waals surface area (Å²) in [5, 5.41) is 8.23. The first-order valence-electron chi connectivity index (χ1n) is 8.13. The Balaban J connectivity index is 1.76. The molecule has 0 aliphatic carbocycles. The van der Waals surface area contributed by atoms with Crippen molar-refractivity contribution in [2.75, 3.05) is 0 Å². The van der Waals surface area contributed by atoms with Crippen LogP contribution in [0.3, 0.4) is 0 Å². The number of aromatic nitrogens is 2. The van der Waals surface area contributed by atoms with E-state index in [1.807, 2.05) is 57.2 Å². The fraction of sp³-hybridized carbons (Fsp3) is 0.250. The minimum Gasteiger partial charge on any atom is -0.411 e. The fourth-order valence-electron chi connectivity index (χ4n) is 2.60. The van der Waals surface area contributed by atoms with Crippen LogP contribution in [0.2, 0.25) is 0 Å². The molecule has 1 heterocycles. The fourth-order valence-corrected chi connectivity index (χ4v) is 3.36. The zero-order valence-electron chi connectivity index (χ0n) is 14.7. The molecule has 3 aromatic rings. The number of carbonyl (C=O) groups excluding carboxylic acids is 1. The van der Waals surface area contributed by atoms with Crippen LogP contribution in [0, 0.1) is 20.8 Å². The van der Waals surface area contributed by atoms with Crippen LogP contribution in [0.1, 0.15) is 34.0 Å². The molecular weight excluding hydrogens is 332 g/mol. The molecule has 1 aromatic heterocycles. The lowest BCUT2D eigenvalue weighted by atomic mass is 9.97. The molecule has 0 spiro atoms. The number of hydrogen-bond donors (Lipinski definition) is 0.